The Labute approximate surface area is 286 Å². The molecule has 268 valence electrons. The Hall–Kier alpha value is -1.84. The Morgan fingerprint density at radius 3 is 1.28 bits per heavy atom. The molecular formula is C42H76O4. The summed E-state index contributed by atoms with van der Waals surface area (Å²) in [7, 11) is 0. The van der Waals surface area contributed by atoms with E-state index in [0.717, 1.165) is 64.2 Å². The maximum Gasteiger partial charge on any atom is 0.345 e. The zero-order chi connectivity index (χ0) is 33.6. The minimum atomic E-state index is -1.01. The molecule has 4 heteroatoms. The summed E-state index contributed by atoms with van der Waals surface area (Å²) < 4.78 is 5.31. The summed E-state index contributed by atoms with van der Waals surface area (Å²) in [5.41, 5.74) is 0. The molecule has 0 heterocycles. The van der Waals surface area contributed by atoms with E-state index in [9.17, 15) is 14.7 Å². The predicted molar refractivity (Wildman–Crippen MR) is 199 cm³/mol. The van der Waals surface area contributed by atoms with Crippen LogP contribution in [0.4, 0.5) is 0 Å². The second-order valence-electron chi connectivity index (χ2n) is 13.5. The first-order valence-electron chi connectivity index (χ1n) is 20.0. The first-order chi connectivity index (χ1) is 22.6. The number of esters is 1. The Balaban J connectivity index is 3.59. The molecule has 0 fully saturated rings. The lowest BCUT2D eigenvalue weighted by Gasteiger charge is -2.13. The van der Waals surface area contributed by atoms with Crippen molar-refractivity contribution < 1.29 is 19.4 Å². The SMILES string of the molecule is CCCCC/C=C\C/C=C\C/C=C\CCCCCCC(=O)OC(CCCCCCCCCCCCCCCCCCCC)C(=O)O. The van der Waals surface area contributed by atoms with Crippen LogP contribution >= 0.6 is 0 Å². The third-order valence-corrected chi connectivity index (χ3v) is 8.89. The van der Waals surface area contributed by atoms with E-state index in [1.807, 2.05) is 0 Å². The molecule has 0 radical (unpaired) electrons. The van der Waals surface area contributed by atoms with E-state index in [0.29, 0.717) is 12.8 Å². The first kappa shape index (κ1) is 44.2. The number of ether oxygens (including phenoxy) is 1. The van der Waals surface area contributed by atoms with E-state index in [-0.39, 0.29) is 5.97 Å². The summed E-state index contributed by atoms with van der Waals surface area (Å²) in [6.07, 6.45) is 48.9. The van der Waals surface area contributed by atoms with Crippen molar-refractivity contribution in [1.82, 2.24) is 0 Å². The number of aliphatic carboxylic acids is 1. The van der Waals surface area contributed by atoms with Gasteiger partial charge in [0.05, 0.1) is 0 Å². The molecule has 0 aromatic rings. The molecule has 4 nitrogen and oxygen atoms in total. The van der Waals surface area contributed by atoms with Crippen LogP contribution in [0.1, 0.15) is 213 Å². The van der Waals surface area contributed by atoms with Crippen LogP contribution in [0.2, 0.25) is 0 Å². The van der Waals surface area contributed by atoms with Gasteiger partial charge in [0, 0.05) is 6.42 Å². The van der Waals surface area contributed by atoms with E-state index < -0.39 is 12.1 Å². The van der Waals surface area contributed by atoms with Crippen LogP contribution in [0.15, 0.2) is 36.5 Å². The Kier molecular flexibility index (Phi) is 36.1. The monoisotopic (exact) mass is 645 g/mol. The molecule has 0 bridgehead atoms. The largest absolute Gasteiger partial charge is 0.479 e. The molecule has 0 saturated heterocycles. The number of allylic oxidation sites excluding steroid dienone is 6. The smallest absolute Gasteiger partial charge is 0.345 e. The molecular weight excluding hydrogens is 568 g/mol. The fourth-order valence-electron chi connectivity index (χ4n) is 5.86. The maximum absolute atomic E-state index is 12.2. The highest BCUT2D eigenvalue weighted by Crippen LogP contribution is 2.16. The van der Waals surface area contributed by atoms with Crippen molar-refractivity contribution in [3.05, 3.63) is 36.5 Å². The minimum absolute atomic E-state index is 0.316. The van der Waals surface area contributed by atoms with Crippen molar-refractivity contribution in [3.63, 3.8) is 0 Å². The van der Waals surface area contributed by atoms with Crippen molar-refractivity contribution in [2.24, 2.45) is 0 Å². The molecule has 0 aliphatic heterocycles. The number of rotatable bonds is 36. The average molecular weight is 645 g/mol. The fraction of sp³-hybridized carbons (Fsp3) is 0.810. The van der Waals surface area contributed by atoms with Crippen molar-refractivity contribution in [1.29, 1.82) is 0 Å². The zero-order valence-corrected chi connectivity index (χ0v) is 30.6. The molecule has 0 saturated carbocycles. The number of carboxylic acids is 1. The van der Waals surface area contributed by atoms with Crippen LogP contribution in [-0.4, -0.2) is 23.1 Å². The number of unbranched alkanes of at least 4 members (excludes halogenated alkanes) is 24. The van der Waals surface area contributed by atoms with Crippen molar-refractivity contribution in [2.45, 2.75) is 219 Å². The minimum Gasteiger partial charge on any atom is -0.479 e. The molecule has 1 unspecified atom stereocenters. The molecule has 0 aromatic heterocycles. The quantitative estimate of drug-likeness (QED) is 0.0419. The van der Waals surface area contributed by atoms with Crippen molar-refractivity contribution in [3.8, 4) is 0 Å². The van der Waals surface area contributed by atoms with Crippen LogP contribution in [0.5, 0.6) is 0 Å². The van der Waals surface area contributed by atoms with Gasteiger partial charge in [-0.1, -0.05) is 185 Å². The summed E-state index contributed by atoms with van der Waals surface area (Å²) in [4.78, 5) is 23.8. The molecule has 0 spiro atoms. The number of hydrogen-bond donors (Lipinski definition) is 1. The number of hydrogen-bond acceptors (Lipinski definition) is 3. The van der Waals surface area contributed by atoms with Crippen LogP contribution in [0.3, 0.4) is 0 Å². The Morgan fingerprint density at radius 2 is 0.826 bits per heavy atom. The molecule has 0 amide bonds. The maximum atomic E-state index is 12.2. The van der Waals surface area contributed by atoms with Gasteiger partial charge in [-0.25, -0.2) is 4.79 Å². The van der Waals surface area contributed by atoms with Gasteiger partial charge in [-0.15, -0.1) is 0 Å². The lowest BCUT2D eigenvalue weighted by molar-refractivity contribution is -0.164. The Morgan fingerprint density at radius 1 is 0.478 bits per heavy atom. The van der Waals surface area contributed by atoms with Gasteiger partial charge < -0.3 is 9.84 Å². The van der Waals surface area contributed by atoms with E-state index in [2.05, 4.69) is 50.3 Å². The third-order valence-electron chi connectivity index (χ3n) is 8.89. The Bertz CT molecular complexity index is 738. The molecule has 1 atom stereocenters. The molecule has 1 N–H and O–H groups in total. The van der Waals surface area contributed by atoms with E-state index in [1.54, 1.807) is 0 Å². The van der Waals surface area contributed by atoms with E-state index >= 15 is 0 Å². The predicted octanol–water partition coefficient (Wildman–Crippen LogP) is 13.8. The molecule has 0 aliphatic carbocycles. The fourth-order valence-corrected chi connectivity index (χ4v) is 5.86. The highest BCUT2D eigenvalue weighted by atomic mass is 16.6. The average Bonchev–Trinajstić information content (AvgIpc) is 3.05. The summed E-state index contributed by atoms with van der Waals surface area (Å²) in [6, 6.07) is 0. The lowest BCUT2D eigenvalue weighted by atomic mass is 10.0. The lowest BCUT2D eigenvalue weighted by Crippen LogP contribution is -2.27. The standard InChI is InChI=1S/C42H76O4/c1-3-5-7-9-11-13-15-17-19-21-23-24-26-28-30-32-34-36-38-40(42(44)45)46-41(43)39-37-35-33-31-29-27-25-22-20-18-16-14-12-10-8-6-4-2/h12,14,18,20,25,27,40H,3-11,13,15-17,19,21-24,26,28-39H2,1-2H3,(H,44,45)/b14-12-,20-18-,27-25-. The van der Waals surface area contributed by atoms with Crippen molar-refractivity contribution in [2.75, 3.05) is 0 Å². The summed E-state index contributed by atoms with van der Waals surface area (Å²) in [6.45, 7) is 4.52. The summed E-state index contributed by atoms with van der Waals surface area (Å²) in [5, 5.41) is 9.50. The van der Waals surface area contributed by atoms with Gasteiger partial charge >= 0.3 is 11.9 Å². The van der Waals surface area contributed by atoms with Crippen molar-refractivity contribution >= 4 is 11.9 Å². The number of carbonyl (C=O) groups excluding carboxylic acids is 1. The van der Waals surface area contributed by atoms with E-state index in [1.165, 1.54) is 122 Å². The molecule has 0 aliphatic rings. The van der Waals surface area contributed by atoms with Gasteiger partial charge in [-0.05, 0) is 57.8 Å². The van der Waals surface area contributed by atoms with Gasteiger partial charge in [-0.3, -0.25) is 4.79 Å². The third kappa shape index (κ3) is 35.0. The highest BCUT2D eigenvalue weighted by molar-refractivity contribution is 5.77. The molecule has 0 aromatic carbocycles. The zero-order valence-electron chi connectivity index (χ0n) is 30.6. The van der Waals surface area contributed by atoms with Gasteiger partial charge in [-0.2, -0.15) is 0 Å². The van der Waals surface area contributed by atoms with E-state index in [4.69, 9.17) is 4.74 Å². The summed E-state index contributed by atoms with van der Waals surface area (Å²) >= 11 is 0. The van der Waals surface area contributed by atoms with Gasteiger partial charge in [0.1, 0.15) is 0 Å². The highest BCUT2D eigenvalue weighted by Gasteiger charge is 2.21. The van der Waals surface area contributed by atoms with Gasteiger partial charge in [0.15, 0.2) is 6.10 Å². The van der Waals surface area contributed by atoms with Crippen LogP contribution < -0.4 is 0 Å². The van der Waals surface area contributed by atoms with Crippen LogP contribution in [0.25, 0.3) is 0 Å². The van der Waals surface area contributed by atoms with Crippen LogP contribution in [0, 0.1) is 0 Å². The normalized spacial score (nSPS) is 12.6. The second kappa shape index (κ2) is 37.6. The topological polar surface area (TPSA) is 63.6 Å². The number of carboxylic acid groups (broad SMARTS) is 1. The van der Waals surface area contributed by atoms with Gasteiger partial charge in [0.25, 0.3) is 0 Å². The molecule has 0 rings (SSSR count). The van der Waals surface area contributed by atoms with Gasteiger partial charge in [0.2, 0.25) is 0 Å². The van der Waals surface area contributed by atoms with Crippen LogP contribution in [-0.2, 0) is 14.3 Å². The number of carbonyl (C=O) groups is 2. The summed E-state index contributed by atoms with van der Waals surface area (Å²) in [5.74, 6) is -1.38. The first-order valence-corrected chi connectivity index (χ1v) is 20.0. The second-order valence-corrected chi connectivity index (χ2v) is 13.5. The molecule has 46 heavy (non-hydrogen) atoms.